The lowest BCUT2D eigenvalue weighted by molar-refractivity contribution is -0.0217. The maximum atomic E-state index is 11.6. The number of hydrogen-bond donors (Lipinski definition) is 0. The lowest BCUT2D eigenvalue weighted by atomic mass is 10.2. The molecule has 2 unspecified atom stereocenters. The molecule has 1 saturated heterocycles. The molecule has 0 saturated carbocycles. The van der Waals surface area contributed by atoms with Gasteiger partial charge >= 0.3 is 6.16 Å². The first-order valence-corrected chi connectivity index (χ1v) is 8.12. The van der Waals surface area contributed by atoms with Gasteiger partial charge in [-0.15, -0.1) is 0 Å². The molecule has 1 heterocycles. The monoisotopic (exact) mass is 281 g/mol. The largest absolute Gasteiger partial charge is 0.509 e. The molecule has 0 N–H and O–H groups in total. The van der Waals surface area contributed by atoms with Gasteiger partial charge in [-0.1, -0.05) is 18.2 Å². The molecule has 3 nitrogen and oxygen atoms in total. The lowest BCUT2D eigenvalue weighted by Gasteiger charge is -2.19. The molecule has 0 bridgehead atoms. The summed E-state index contributed by atoms with van der Waals surface area (Å²) in [6.07, 6.45) is 0.381. The molecule has 2 atom stereocenters. The van der Waals surface area contributed by atoms with Crippen LogP contribution in [-0.2, 0) is 20.4 Å². The van der Waals surface area contributed by atoms with Crippen LogP contribution in [0.2, 0.25) is 0 Å². The summed E-state index contributed by atoms with van der Waals surface area (Å²) in [5.41, 5.74) is -0.489. The molecule has 0 aliphatic carbocycles. The first-order valence-electron chi connectivity index (χ1n) is 6.56. The Morgan fingerprint density at radius 3 is 2.58 bits per heavy atom. The summed E-state index contributed by atoms with van der Waals surface area (Å²) in [6, 6.07) is 10.4. The Balaban J connectivity index is 1.84. The Hall–Kier alpha value is -1.16. The average Bonchev–Trinajstić information content (AvgIpc) is 2.76. The van der Waals surface area contributed by atoms with E-state index in [-0.39, 0.29) is 17.0 Å². The van der Waals surface area contributed by atoms with Gasteiger partial charge in [0.05, 0.1) is 0 Å². The van der Waals surface area contributed by atoms with Gasteiger partial charge in [0.2, 0.25) is 0 Å². The molecule has 1 aliphatic heterocycles. The fourth-order valence-electron chi connectivity index (χ4n) is 1.99. The van der Waals surface area contributed by atoms with Gasteiger partial charge in [0.25, 0.3) is 0 Å². The third kappa shape index (κ3) is 4.46. The molecule has 2 rings (SSSR count). The van der Waals surface area contributed by atoms with Crippen LogP contribution in [0.3, 0.4) is 0 Å². The summed E-state index contributed by atoms with van der Waals surface area (Å²) in [6.45, 7) is 5.53. The summed E-state index contributed by atoms with van der Waals surface area (Å²) < 4.78 is 10.6. The highest BCUT2D eigenvalue weighted by atomic mass is 32.2. The number of ether oxygens (including phenoxy) is 2. The van der Waals surface area contributed by atoms with Crippen molar-refractivity contribution in [1.82, 2.24) is 0 Å². The van der Waals surface area contributed by atoms with E-state index in [1.807, 2.05) is 26.8 Å². The number of hydrogen-bond acceptors (Lipinski definition) is 3. The summed E-state index contributed by atoms with van der Waals surface area (Å²) >= 11 is 0. The fraction of sp³-hybridized carbons (Fsp3) is 0.533. The van der Waals surface area contributed by atoms with Gasteiger partial charge in [-0.25, -0.2) is 4.79 Å². The third-order valence-corrected chi connectivity index (χ3v) is 5.24. The van der Waals surface area contributed by atoms with Crippen LogP contribution in [0.15, 0.2) is 35.2 Å². The topological polar surface area (TPSA) is 35.5 Å². The molecule has 1 aromatic carbocycles. The number of carbonyl (C=O) groups excluding carboxylic acids is 1. The Morgan fingerprint density at radius 2 is 1.95 bits per heavy atom. The van der Waals surface area contributed by atoms with Crippen molar-refractivity contribution in [2.75, 3.05) is 11.5 Å². The predicted molar refractivity (Wildman–Crippen MR) is 77.5 cm³/mol. The predicted octanol–water partition coefficient (Wildman–Crippen LogP) is 3.39. The minimum Gasteiger partial charge on any atom is -0.429 e. The quantitative estimate of drug-likeness (QED) is 0.616. The van der Waals surface area contributed by atoms with Crippen LogP contribution in [0.25, 0.3) is 0 Å². The molecule has 104 valence electrons. The molecule has 0 spiro atoms. The van der Waals surface area contributed by atoms with Crippen LogP contribution in [0.5, 0.6) is 0 Å². The van der Waals surface area contributed by atoms with Crippen LogP contribution >= 0.6 is 0 Å². The van der Waals surface area contributed by atoms with E-state index in [1.165, 1.54) is 4.90 Å². The van der Waals surface area contributed by atoms with Crippen molar-refractivity contribution in [1.29, 1.82) is 0 Å². The van der Waals surface area contributed by atoms with E-state index in [0.29, 0.717) is 0 Å². The standard InChI is InChI=1S/C15H21O3S/c1-15(2,3)18-14(16)17-12-9-10-19(11-12)13-7-5-4-6-8-13/h4-8,12H,9-11H2,1-3H3/q+1. The highest BCUT2D eigenvalue weighted by Crippen LogP contribution is 2.25. The summed E-state index contributed by atoms with van der Waals surface area (Å²) in [7, 11) is 0.207. The van der Waals surface area contributed by atoms with Crippen molar-refractivity contribution in [3.8, 4) is 0 Å². The van der Waals surface area contributed by atoms with Crippen molar-refractivity contribution in [2.45, 2.75) is 43.8 Å². The second-order valence-corrected chi connectivity index (χ2v) is 7.87. The Morgan fingerprint density at radius 1 is 1.26 bits per heavy atom. The molecule has 0 radical (unpaired) electrons. The lowest BCUT2D eigenvalue weighted by Crippen LogP contribution is -2.28. The molecule has 4 heteroatoms. The molecule has 19 heavy (non-hydrogen) atoms. The zero-order chi connectivity index (χ0) is 13.9. The normalized spacial score (nSPS) is 23.1. The van der Waals surface area contributed by atoms with E-state index in [2.05, 4.69) is 24.3 Å². The van der Waals surface area contributed by atoms with Crippen LogP contribution in [0.4, 0.5) is 4.79 Å². The van der Waals surface area contributed by atoms with Crippen molar-refractivity contribution < 1.29 is 14.3 Å². The first-order chi connectivity index (χ1) is 8.94. The molecule has 1 fully saturated rings. The maximum Gasteiger partial charge on any atom is 0.509 e. The summed E-state index contributed by atoms with van der Waals surface area (Å²) in [5.74, 6) is 2.01. The minimum atomic E-state index is -0.545. The van der Waals surface area contributed by atoms with Crippen molar-refractivity contribution in [3.63, 3.8) is 0 Å². The Bertz CT molecular complexity index is 425. The summed E-state index contributed by atoms with van der Waals surface area (Å²) in [4.78, 5) is 13.0. The SMILES string of the molecule is CC(C)(C)OC(=O)OC1CC[S+](c2ccccc2)C1. The van der Waals surface area contributed by atoms with Crippen LogP contribution in [0, 0.1) is 0 Å². The number of rotatable bonds is 2. The van der Waals surface area contributed by atoms with Crippen molar-refractivity contribution in [2.24, 2.45) is 0 Å². The molecular weight excluding hydrogens is 260 g/mol. The van der Waals surface area contributed by atoms with Gasteiger partial charge in [-0.05, 0) is 32.9 Å². The Labute approximate surface area is 117 Å². The Kier molecular flexibility index (Phi) is 4.40. The minimum absolute atomic E-state index is 0.00149. The van der Waals surface area contributed by atoms with Crippen LogP contribution < -0.4 is 0 Å². The van der Waals surface area contributed by atoms with E-state index in [0.717, 1.165) is 17.9 Å². The fourth-order valence-corrected chi connectivity index (χ4v) is 4.36. The number of benzene rings is 1. The van der Waals surface area contributed by atoms with E-state index in [4.69, 9.17) is 9.47 Å². The van der Waals surface area contributed by atoms with E-state index in [9.17, 15) is 4.79 Å². The van der Waals surface area contributed by atoms with E-state index in [1.54, 1.807) is 0 Å². The van der Waals surface area contributed by atoms with Gasteiger partial charge in [0, 0.05) is 17.3 Å². The smallest absolute Gasteiger partial charge is 0.429 e. The average molecular weight is 281 g/mol. The summed E-state index contributed by atoms with van der Waals surface area (Å²) in [5, 5.41) is 0. The van der Waals surface area contributed by atoms with Gasteiger partial charge in [0.15, 0.2) is 16.8 Å². The zero-order valence-electron chi connectivity index (χ0n) is 11.7. The van der Waals surface area contributed by atoms with Gasteiger partial charge in [-0.3, -0.25) is 0 Å². The van der Waals surface area contributed by atoms with E-state index < -0.39 is 11.8 Å². The molecule has 1 aromatic rings. The first kappa shape index (κ1) is 14.3. The molecule has 0 aromatic heterocycles. The zero-order valence-corrected chi connectivity index (χ0v) is 12.5. The highest BCUT2D eigenvalue weighted by Gasteiger charge is 2.37. The van der Waals surface area contributed by atoms with Gasteiger partial charge in [-0.2, -0.15) is 0 Å². The highest BCUT2D eigenvalue weighted by molar-refractivity contribution is 7.97. The second kappa shape index (κ2) is 5.87. The third-order valence-electron chi connectivity index (χ3n) is 2.80. The molecular formula is C15H21O3S+. The van der Waals surface area contributed by atoms with Gasteiger partial charge in [0.1, 0.15) is 11.4 Å². The van der Waals surface area contributed by atoms with Gasteiger partial charge < -0.3 is 9.47 Å². The molecule has 1 aliphatic rings. The number of carbonyl (C=O) groups is 1. The van der Waals surface area contributed by atoms with E-state index >= 15 is 0 Å². The van der Waals surface area contributed by atoms with Crippen molar-refractivity contribution in [3.05, 3.63) is 30.3 Å². The van der Waals surface area contributed by atoms with Crippen molar-refractivity contribution >= 4 is 17.1 Å². The van der Waals surface area contributed by atoms with Crippen LogP contribution in [-0.4, -0.2) is 29.4 Å². The maximum absolute atomic E-state index is 11.6. The second-order valence-electron chi connectivity index (χ2n) is 5.67. The van der Waals surface area contributed by atoms with Crippen LogP contribution in [0.1, 0.15) is 27.2 Å². The molecule has 0 amide bonds.